The third-order valence-electron chi connectivity index (χ3n) is 4.03. The van der Waals surface area contributed by atoms with Crippen molar-refractivity contribution >= 4 is 17.4 Å². The van der Waals surface area contributed by atoms with Gasteiger partial charge in [0.2, 0.25) is 5.91 Å². The lowest BCUT2D eigenvalue weighted by atomic mass is 10.0. The molecule has 0 aliphatic heterocycles. The number of carbonyl (C=O) groups excluding carboxylic acids is 1. The van der Waals surface area contributed by atoms with Crippen molar-refractivity contribution < 1.29 is 9.18 Å². The highest BCUT2D eigenvalue weighted by atomic mass is 19.1. The third kappa shape index (κ3) is 5.33. The molecule has 0 aliphatic carbocycles. The Morgan fingerprint density at radius 1 is 1.12 bits per heavy atom. The van der Waals surface area contributed by atoms with Gasteiger partial charge in [-0.3, -0.25) is 4.79 Å². The second-order valence-corrected chi connectivity index (χ2v) is 5.74. The molecule has 2 aromatic rings. The summed E-state index contributed by atoms with van der Waals surface area (Å²) < 4.78 is 12.8. The van der Waals surface area contributed by atoms with Crippen molar-refractivity contribution in [3.63, 3.8) is 0 Å². The van der Waals surface area contributed by atoms with Crippen LogP contribution in [-0.2, 0) is 11.2 Å². The number of pyridine rings is 1. The van der Waals surface area contributed by atoms with Crippen molar-refractivity contribution in [2.45, 2.75) is 33.1 Å². The lowest BCUT2D eigenvalue weighted by Crippen LogP contribution is -2.22. The summed E-state index contributed by atoms with van der Waals surface area (Å²) in [6.07, 6.45) is 4.15. The number of hydrogen-bond acceptors (Lipinski definition) is 3. The van der Waals surface area contributed by atoms with E-state index in [9.17, 15) is 9.18 Å². The predicted molar refractivity (Wildman–Crippen MR) is 95.5 cm³/mol. The minimum atomic E-state index is -0.220. The number of rotatable bonds is 8. The fourth-order valence-electron chi connectivity index (χ4n) is 2.46. The Morgan fingerprint density at radius 2 is 1.83 bits per heavy atom. The summed E-state index contributed by atoms with van der Waals surface area (Å²) in [6, 6.07) is 10.2. The molecule has 0 saturated heterocycles. The van der Waals surface area contributed by atoms with Gasteiger partial charge in [0.15, 0.2) is 0 Å². The Hall–Kier alpha value is -2.43. The number of carbonyl (C=O) groups is 1. The van der Waals surface area contributed by atoms with Gasteiger partial charge in [0.1, 0.15) is 11.6 Å². The van der Waals surface area contributed by atoms with Crippen molar-refractivity contribution in [2.24, 2.45) is 5.92 Å². The van der Waals surface area contributed by atoms with Crippen LogP contribution in [-0.4, -0.2) is 17.4 Å². The molecule has 128 valence electrons. The molecule has 5 heteroatoms. The van der Waals surface area contributed by atoms with Crippen LogP contribution >= 0.6 is 0 Å². The summed E-state index contributed by atoms with van der Waals surface area (Å²) in [4.78, 5) is 16.3. The lowest BCUT2D eigenvalue weighted by Gasteiger charge is -2.12. The van der Waals surface area contributed by atoms with Gasteiger partial charge in [0, 0.05) is 12.5 Å². The second kappa shape index (κ2) is 9.01. The zero-order chi connectivity index (χ0) is 17.4. The maximum Gasteiger partial charge on any atom is 0.228 e. The monoisotopic (exact) mass is 329 g/mol. The van der Waals surface area contributed by atoms with Crippen LogP contribution in [0.1, 0.15) is 32.3 Å². The molecule has 1 amide bonds. The van der Waals surface area contributed by atoms with Gasteiger partial charge in [0.05, 0.1) is 11.9 Å². The second-order valence-electron chi connectivity index (χ2n) is 5.74. The minimum absolute atomic E-state index is 0.0181. The van der Waals surface area contributed by atoms with Gasteiger partial charge < -0.3 is 10.6 Å². The predicted octanol–water partition coefficient (Wildman–Crippen LogP) is 4.25. The summed E-state index contributed by atoms with van der Waals surface area (Å²) in [5.74, 6) is 0.391. The molecule has 0 saturated carbocycles. The van der Waals surface area contributed by atoms with Crippen LogP contribution in [0, 0.1) is 11.7 Å². The van der Waals surface area contributed by atoms with Crippen LogP contribution in [0.25, 0.3) is 0 Å². The van der Waals surface area contributed by atoms with Crippen molar-refractivity contribution in [1.29, 1.82) is 0 Å². The Labute approximate surface area is 142 Å². The van der Waals surface area contributed by atoms with Crippen LogP contribution in [0.4, 0.5) is 15.9 Å². The smallest absolute Gasteiger partial charge is 0.228 e. The molecule has 1 heterocycles. The maximum atomic E-state index is 12.8. The third-order valence-corrected chi connectivity index (χ3v) is 4.03. The van der Waals surface area contributed by atoms with Crippen LogP contribution in [0.15, 0.2) is 42.6 Å². The zero-order valence-electron chi connectivity index (χ0n) is 14.2. The standard InChI is InChI=1S/C19H24FN3O/c1-3-15(4-2)19(24)23-18-10-9-17(13-22-18)21-12-11-14-5-7-16(20)8-6-14/h5-10,13,15,21H,3-4,11-12H2,1-2H3,(H,22,23,24). The molecule has 24 heavy (non-hydrogen) atoms. The molecule has 0 aliphatic rings. The van der Waals surface area contributed by atoms with E-state index in [4.69, 9.17) is 0 Å². The summed E-state index contributed by atoms with van der Waals surface area (Å²) in [7, 11) is 0. The van der Waals surface area contributed by atoms with Gasteiger partial charge >= 0.3 is 0 Å². The SMILES string of the molecule is CCC(CC)C(=O)Nc1ccc(NCCc2ccc(F)cc2)cn1. The molecule has 2 rings (SSSR count). The molecule has 0 radical (unpaired) electrons. The number of amides is 1. The molecular weight excluding hydrogens is 305 g/mol. The molecule has 0 atom stereocenters. The topological polar surface area (TPSA) is 54.0 Å². The fraction of sp³-hybridized carbons (Fsp3) is 0.368. The van der Waals surface area contributed by atoms with Crippen molar-refractivity contribution in [1.82, 2.24) is 4.98 Å². The lowest BCUT2D eigenvalue weighted by molar-refractivity contribution is -0.120. The van der Waals surface area contributed by atoms with E-state index in [0.717, 1.165) is 37.1 Å². The molecule has 0 bridgehead atoms. The Kier molecular flexibility index (Phi) is 6.73. The van der Waals surface area contributed by atoms with Crippen LogP contribution in [0.5, 0.6) is 0 Å². The van der Waals surface area contributed by atoms with Crippen LogP contribution < -0.4 is 10.6 Å². The van der Waals surface area contributed by atoms with Gasteiger partial charge in [-0.2, -0.15) is 0 Å². The Balaban J connectivity index is 1.81. The molecule has 0 fully saturated rings. The van der Waals surface area contributed by atoms with Gasteiger partial charge in [0.25, 0.3) is 0 Å². The van der Waals surface area contributed by atoms with E-state index in [-0.39, 0.29) is 17.6 Å². The van der Waals surface area contributed by atoms with Crippen molar-refractivity contribution in [2.75, 3.05) is 17.2 Å². The molecule has 2 N–H and O–H groups in total. The first-order valence-electron chi connectivity index (χ1n) is 8.37. The van der Waals surface area contributed by atoms with Crippen LogP contribution in [0.2, 0.25) is 0 Å². The summed E-state index contributed by atoms with van der Waals surface area (Å²) in [5, 5.41) is 6.11. The van der Waals surface area contributed by atoms with Gasteiger partial charge in [-0.05, 0) is 49.1 Å². The Bertz CT molecular complexity index is 637. The number of aromatic nitrogens is 1. The summed E-state index contributed by atoms with van der Waals surface area (Å²) in [5.41, 5.74) is 1.96. The molecule has 1 aromatic heterocycles. The highest BCUT2D eigenvalue weighted by Gasteiger charge is 2.14. The average Bonchev–Trinajstić information content (AvgIpc) is 2.59. The van der Waals surface area contributed by atoms with Gasteiger partial charge in [-0.25, -0.2) is 9.37 Å². The quantitative estimate of drug-likeness (QED) is 0.761. The normalized spacial score (nSPS) is 10.7. The van der Waals surface area contributed by atoms with Gasteiger partial charge in [-0.15, -0.1) is 0 Å². The molecule has 0 unspecified atom stereocenters. The molecular formula is C19H24FN3O. The first-order valence-corrected chi connectivity index (χ1v) is 8.37. The number of halogens is 1. The molecule has 0 spiro atoms. The molecule has 1 aromatic carbocycles. The summed E-state index contributed by atoms with van der Waals surface area (Å²) >= 11 is 0. The van der Waals surface area contributed by atoms with E-state index in [2.05, 4.69) is 15.6 Å². The van der Waals surface area contributed by atoms with E-state index < -0.39 is 0 Å². The maximum absolute atomic E-state index is 12.8. The van der Waals surface area contributed by atoms with Gasteiger partial charge in [-0.1, -0.05) is 26.0 Å². The fourth-order valence-corrected chi connectivity index (χ4v) is 2.46. The highest BCUT2D eigenvalue weighted by Crippen LogP contribution is 2.14. The van der Waals surface area contributed by atoms with E-state index >= 15 is 0 Å². The average molecular weight is 329 g/mol. The number of nitrogens with one attached hydrogen (secondary N) is 2. The minimum Gasteiger partial charge on any atom is -0.383 e. The number of hydrogen-bond donors (Lipinski definition) is 2. The number of anilines is 2. The zero-order valence-corrected chi connectivity index (χ0v) is 14.2. The van der Waals surface area contributed by atoms with Crippen molar-refractivity contribution in [3.8, 4) is 0 Å². The Morgan fingerprint density at radius 3 is 2.42 bits per heavy atom. The van der Waals surface area contributed by atoms with E-state index in [1.807, 2.05) is 19.9 Å². The first kappa shape index (κ1) is 17.9. The molecule has 4 nitrogen and oxygen atoms in total. The van der Waals surface area contributed by atoms with Crippen LogP contribution in [0.3, 0.4) is 0 Å². The van der Waals surface area contributed by atoms with E-state index in [0.29, 0.717) is 5.82 Å². The van der Waals surface area contributed by atoms with E-state index in [1.54, 1.807) is 24.4 Å². The highest BCUT2D eigenvalue weighted by molar-refractivity contribution is 5.91. The van der Waals surface area contributed by atoms with Crippen molar-refractivity contribution in [3.05, 3.63) is 54.0 Å². The summed E-state index contributed by atoms with van der Waals surface area (Å²) in [6.45, 7) is 4.75. The van der Waals surface area contributed by atoms with E-state index in [1.165, 1.54) is 12.1 Å². The largest absolute Gasteiger partial charge is 0.383 e. The first-order chi connectivity index (χ1) is 11.6. The number of nitrogens with zero attached hydrogens (tertiary/aromatic N) is 1. The number of benzene rings is 1.